The first-order valence-electron chi connectivity index (χ1n) is 11.1. The summed E-state index contributed by atoms with van der Waals surface area (Å²) in [5.74, 6) is -0.746. The van der Waals surface area contributed by atoms with Crippen molar-refractivity contribution in [1.82, 2.24) is 10.6 Å². The number of hydrogen-bond acceptors (Lipinski definition) is 5. The van der Waals surface area contributed by atoms with Crippen LogP contribution in [0.1, 0.15) is 49.3 Å². The molecule has 1 heterocycles. The molecule has 1 saturated heterocycles. The zero-order valence-electron chi connectivity index (χ0n) is 19.2. The Hall–Kier alpha value is -1.86. The Labute approximate surface area is 199 Å². The lowest BCUT2D eigenvalue weighted by Crippen LogP contribution is -2.52. The molecule has 13 heteroatoms. The summed E-state index contributed by atoms with van der Waals surface area (Å²) in [4.78, 5) is 13.1. The molecule has 1 aliphatic heterocycles. The lowest BCUT2D eigenvalue weighted by Gasteiger charge is -2.33. The molecule has 0 spiro atoms. The van der Waals surface area contributed by atoms with E-state index < -0.39 is 56.1 Å². The SMILES string of the molecule is CC1COCCC1NC1CCC(C(=O)NCc2cc(C(F)(F)F)cc(C(F)(F)F)c2)(S(C)(=O)=O)C1. The molecular formula is C22H28F6N2O4S. The van der Waals surface area contributed by atoms with Gasteiger partial charge in [-0.25, -0.2) is 8.42 Å². The maximum atomic E-state index is 13.1. The molecule has 1 aromatic rings. The van der Waals surface area contributed by atoms with Gasteiger partial charge in [-0.15, -0.1) is 0 Å². The van der Waals surface area contributed by atoms with Gasteiger partial charge < -0.3 is 15.4 Å². The van der Waals surface area contributed by atoms with Gasteiger partial charge in [0.2, 0.25) is 5.91 Å². The van der Waals surface area contributed by atoms with Gasteiger partial charge in [0.05, 0.1) is 17.7 Å². The van der Waals surface area contributed by atoms with Crippen molar-refractivity contribution >= 4 is 15.7 Å². The Morgan fingerprint density at radius 3 is 2.20 bits per heavy atom. The van der Waals surface area contributed by atoms with Gasteiger partial charge in [0.1, 0.15) is 0 Å². The number of carbonyl (C=O) groups is 1. The number of benzene rings is 1. The largest absolute Gasteiger partial charge is 0.416 e. The van der Waals surface area contributed by atoms with E-state index in [0.29, 0.717) is 31.8 Å². The molecule has 0 bridgehead atoms. The fraction of sp³-hybridized carbons (Fsp3) is 0.682. The zero-order valence-corrected chi connectivity index (χ0v) is 20.0. The maximum absolute atomic E-state index is 13.1. The number of halogens is 6. The van der Waals surface area contributed by atoms with Crippen LogP contribution >= 0.6 is 0 Å². The van der Waals surface area contributed by atoms with E-state index in [1.165, 1.54) is 0 Å². The first-order chi connectivity index (χ1) is 16.0. The summed E-state index contributed by atoms with van der Waals surface area (Å²) in [5, 5.41) is 5.67. The summed E-state index contributed by atoms with van der Waals surface area (Å²) in [6, 6.07) is 0.806. The lowest BCUT2D eigenvalue weighted by atomic mass is 9.96. The van der Waals surface area contributed by atoms with Crippen LogP contribution in [0.2, 0.25) is 0 Å². The molecule has 4 atom stereocenters. The molecule has 1 aromatic carbocycles. The zero-order chi connectivity index (χ0) is 26.2. The number of rotatable bonds is 6. The first kappa shape index (κ1) is 27.7. The highest BCUT2D eigenvalue weighted by atomic mass is 32.2. The Morgan fingerprint density at radius 1 is 1.09 bits per heavy atom. The summed E-state index contributed by atoms with van der Waals surface area (Å²) in [6.07, 6.45) is -8.09. The fourth-order valence-corrected chi connectivity index (χ4v) is 6.16. The number of alkyl halides is 6. The lowest BCUT2D eigenvalue weighted by molar-refractivity contribution is -0.143. The Morgan fingerprint density at radius 2 is 1.69 bits per heavy atom. The van der Waals surface area contributed by atoms with Crippen LogP contribution in [-0.2, 0) is 38.3 Å². The molecule has 35 heavy (non-hydrogen) atoms. The summed E-state index contributed by atoms with van der Waals surface area (Å²) >= 11 is 0. The van der Waals surface area contributed by atoms with Crippen LogP contribution in [-0.4, -0.2) is 50.6 Å². The fourth-order valence-electron chi connectivity index (χ4n) is 4.76. The second-order valence-electron chi connectivity index (χ2n) is 9.42. The second-order valence-corrected chi connectivity index (χ2v) is 11.7. The topological polar surface area (TPSA) is 84.5 Å². The molecule has 1 amide bonds. The number of sulfone groups is 1. The van der Waals surface area contributed by atoms with Crippen molar-refractivity contribution in [2.24, 2.45) is 5.92 Å². The molecule has 0 radical (unpaired) electrons. The van der Waals surface area contributed by atoms with Gasteiger partial charge in [0, 0.05) is 31.5 Å². The summed E-state index contributed by atoms with van der Waals surface area (Å²) in [5.41, 5.74) is -3.46. The van der Waals surface area contributed by atoms with Crippen LogP contribution < -0.4 is 10.6 Å². The van der Waals surface area contributed by atoms with Crippen molar-refractivity contribution < 1.29 is 44.3 Å². The highest BCUT2D eigenvalue weighted by Gasteiger charge is 2.53. The van der Waals surface area contributed by atoms with E-state index >= 15 is 0 Å². The average Bonchev–Trinajstić information content (AvgIpc) is 3.17. The molecule has 4 unspecified atom stereocenters. The van der Waals surface area contributed by atoms with Crippen molar-refractivity contribution in [3.63, 3.8) is 0 Å². The van der Waals surface area contributed by atoms with Gasteiger partial charge in [0.15, 0.2) is 14.6 Å². The highest BCUT2D eigenvalue weighted by Crippen LogP contribution is 2.39. The number of amides is 1. The van der Waals surface area contributed by atoms with E-state index in [4.69, 9.17) is 4.74 Å². The quantitative estimate of drug-likeness (QED) is 0.549. The van der Waals surface area contributed by atoms with Gasteiger partial charge in [-0.3, -0.25) is 4.79 Å². The van der Waals surface area contributed by atoms with Gasteiger partial charge in [-0.05, 0) is 55.4 Å². The predicted molar refractivity (Wildman–Crippen MR) is 115 cm³/mol. The third-order valence-corrected chi connectivity index (χ3v) is 8.76. The average molecular weight is 531 g/mol. The van der Waals surface area contributed by atoms with Gasteiger partial charge in [-0.1, -0.05) is 6.92 Å². The van der Waals surface area contributed by atoms with Crippen LogP contribution in [0, 0.1) is 5.92 Å². The van der Waals surface area contributed by atoms with Crippen LogP contribution in [0.4, 0.5) is 26.3 Å². The molecule has 1 saturated carbocycles. The number of ether oxygens (including phenoxy) is 1. The van der Waals surface area contributed by atoms with E-state index in [9.17, 15) is 39.6 Å². The van der Waals surface area contributed by atoms with Gasteiger partial charge in [-0.2, -0.15) is 26.3 Å². The van der Waals surface area contributed by atoms with Crippen LogP contribution in [0.3, 0.4) is 0 Å². The van der Waals surface area contributed by atoms with E-state index in [1.807, 2.05) is 6.92 Å². The smallest absolute Gasteiger partial charge is 0.381 e. The Bertz CT molecular complexity index is 1010. The maximum Gasteiger partial charge on any atom is 0.416 e. The van der Waals surface area contributed by atoms with Crippen molar-refractivity contribution in [2.75, 3.05) is 19.5 Å². The molecule has 6 nitrogen and oxygen atoms in total. The van der Waals surface area contributed by atoms with Crippen molar-refractivity contribution in [3.05, 3.63) is 34.9 Å². The minimum Gasteiger partial charge on any atom is -0.381 e. The Balaban J connectivity index is 1.78. The van der Waals surface area contributed by atoms with Crippen molar-refractivity contribution in [1.29, 1.82) is 0 Å². The first-order valence-corrected chi connectivity index (χ1v) is 13.0. The van der Waals surface area contributed by atoms with Crippen LogP contribution in [0.15, 0.2) is 18.2 Å². The summed E-state index contributed by atoms with van der Waals surface area (Å²) < 4.78 is 108. The van der Waals surface area contributed by atoms with E-state index in [-0.39, 0.29) is 36.9 Å². The van der Waals surface area contributed by atoms with Gasteiger partial charge >= 0.3 is 12.4 Å². The van der Waals surface area contributed by atoms with Gasteiger partial charge in [0.25, 0.3) is 0 Å². The highest BCUT2D eigenvalue weighted by molar-refractivity contribution is 7.92. The Kier molecular flexibility index (Phi) is 7.83. The molecule has 2 N–H and O–H groups in total. The minimum absolute atomic E-state index is 0.00610. The summed E-state index contributed by atoms with van der Waals surface area (Å²) in [6.45, 7) is 2.42. The summed E-state index contributed by atoms with van der Waals surface area (Å²) in [7, 11) is -3.95. The molecule has 2 aliphatic rings. The van der Waals surface area contributed by atoms with E-state index in [0.717, 1.165) is 12.7 Å². The second kappa shape index (κ2) is 9.89. The monoisotopic (exact) mass is 530 g/mol. The van der Waals surface area contributed by atoms with Crippen LogP contribution in [0.5, 0.6) is 0 Å². The number of hydrogen-bond donors (Lipinski definition) is 2. The molecule has 3 rings (SSSR count). The van der Waals surface area contributed by atoms with Crippen molar-refractivity contribution in [3.8, 4) is 0 Å². The number of carbonyl (C=O) groups excluding carboxylic acids is 1. The van der Waals surface area contributed by atoms with Crippen LogP contribution in [0.25, 0.3) is 0 Å². The number of nitrogens with one attached hydrogen (secondary N) is 2. The van der Waals surface area contributed by atoms with Crippen molar-refractivity contribution in [2.45, 2.75) is 68.3 Å². The molecule has 0 aromatic heterocycles. The molecule has 1 aliphatic carbocycles. The molecule has 198 valence electrons. The predicted octanol–water partition coefficient (Wildman–Crippen LogP) is 3.69. The third kappa shape index (κ3) is 6.29. The molecular weight excluding hydrogens is 502 g/mol. The minimum atomic E-state index is -5.03. The van der Waals surface area contributed by atoms with E-state index in [1.54, 1.807) is 0 Å². The third-order valence-electron chi connectivity index (χ3n) is 6.79. The molecule has 2 fully saturated rings. The normalized spacial score (nSPS) is 28.2. The standard InChI is InChI=1S/C22H28F6N2O4S/c1-13-12-34-6-4-18(13)30-17-3-5-20(10-17,35(2,32)33)19(31)29-11-14-7-15(21(23,24)25)9-16(8-14)22(26,27)28/h7-9,13,17-18,30H,3-6,10-12H2,1-2H3,(H,29,31). The van der Waals surface area contributed by atoms with E-state index in [2.05, 4.69) is 10.6 Å².